The molecule has 0 atom stereocenters. The van der Waals surface area contributed by atoms with Crippen molar-refractivity contribution in [1.29, 1.82) is 0 Å². The standard InChI is InChI=1S/C25H24N4O3S/c30-24(20-17-27-25-26-12-15-29(25)18-20)11-8-19-6-9-22(10-7-19)33(31,32)23-5-3-4-21(16-23)28-13-1-2-14-28/h3-7,9-10,12,15-18H,1-2,8,11,13-14H2. The number of nitrogens with zero attached hydrogens (tertiary/aromatic N) is 4. The fraction of sp³-hybridized carbons (Fsp3) is 0.240. The van der Waals surface area contributed by atoms with E-state index in [1.54, 1.807) is 65.5 Å². The van der Waals surface area contributed by atoms with Crippen LogP contribution in [0.5, 0.6) is 0 Å². The number of carbonyl (C=O) groups excluding carboxylic acids is 1. The Kier molecular flexibility index (Phi) is 5.68. The van der Waals surface area contributed by atoms with E-state index in [0.717, 1.165) is 37.2 Å². The zero-order chi connectivity index (χ0) is 22.8. The lowest BCUT2D eigenvalue weighted by molar-refractivity contribution is 0.0982. The lowest BCUT2D eigenvalue weighted by atomic mass is 10.0. The van der Waals surface area contributed by atoms with Crippen molar-refractivity contribution in [3.8, 4) is 0 Å². The summed E-state index contributed by atoms with van der Waals surface area (Å²) >= 11 is 0. The molecule has 0 bridgehead atoms. The number of hydrogen-bond acceptors (Lipinski definition) is 6. The Morgan fingerprint density at radius 3 is 2.55 bits per heavy atom. The van der Waals surface area contributed by atoms with Crippen molar-refractivity contribution in [1.82, 2.24) is 14.4 Å². The lowest BCUT2D eigenvalue weighted by Gasteiger charge is -2.18. The highest BCUT2D eigenvalue weighted by Gasteiger charge is 2.20. The number of Topliss-reactive ketones (excluding diaryl/α,β-unsaturated/α-hetero) is 1. The molecule has 0 radical (unpaired) electrons. The van der Waals surface area contributed by atoms with E-state index in [0.29, 0.717) is 29.1 Å². The molecule has 2 aromatic carbocycles. The minimum atomic E-state index is -3.61. The normalized spacial score (nSPS) is 14.1. The Labute approximate surface area is 192 Å². The maximum absolute atomic E-state index is 13.2. The van der Waals surface area contributed by atoms with Gasteiger partial charge in [-0.1, -0.05) is 18.2 Å². The second-order valence-corrected chi connectivity index (χ2v) is 10.2. The average Bonchev–Trinajstić information content (AvgIpc) is 3.55. The highest BCUT2D eigenvalue weighted by Crippen LogP contribution is 2.27. The highest BCUT2D eigenvalue weighted by atomic mass is 32.2. The number of imidazole rings is 1. The third-order valence-corrected chi connectivity index (χ3v) is 7.81. The molecule has 1 fully saturated rings. The van der Waals surface area contributed by atoms with Crippen LogP contribution >= 0.6 is 0 Å². The Balaban J connectivity index is 1.27. The fourth-order valence-electron chi connectivity index (χ4n) is 4.16. The molecule has 1 aliphatic rings. The van der Waals surface area contributed by atoms with Gasteiger partial charge in [0.2, 0.25) is 15.6 Å². The van der Waals surface area contributed by atoms with Crippen LogP contribution in [0.1, 0.15) is 35.2 Å². The van der Waals surface area contributed by atoms with Crippen molar-refractivity contribution in [2.75, 3.05) is 18.0 Å². The molecule has 0 amide bonds. The second kappa shape index (κ2) is 8.78. The molecule has 7 nitrogen and oxygen atoms in total. The van der Waals surface area contributed by atoms with Gasteiger partial charge in [0.1, 0.15) is 0 Å². The van der Waals surface area contributed by atoms with Crippen LogP contribution in [0.4, 0.5) is 5.69 Å². The smallest absolute Gasteiger partial charge is 0.233 e. The van der Waals surface area contributed by atoms with Gasteiger partial charge in [-0.25, -0.2) is 18.4 Å². The topological polar surface area (TPSA) is 84.6 Å². The highest BCUT2D eigenvalue weighted by molar-refractivity contribution is 7.91. The maximum atomic E-state index is 13.2. The predicted molar refractivity (Wildman–Crippen MR) is 125 cm³/mol. The van der Waals surface area contributed by atoms with E-state index in [1.165, 1.54) is 6.20 Å². The number of rotatable bonds is 7. The summed E-state index contributed by atoms with van der Waals surface area (Å²) in [6, 6.07) is 14.0. The van der Waals surface area contributed by atoms with E-state index in [4.69, 9.17) is 0 Å². The van der Waals surface area contributed by atoms with Crippen LogP contribution in [0.3, 0.4) is 0 Å². The van der Waals surface area contributed by atoms with E-state index in [9.17, 15) is 13.2 Å². The van der Waals surface area contributed by atoms with Crippen molar-refractivity contribution in [2.45, 2.75) is 35.5 Å². The Bertz CT molecular complexity index is 1410. The van der Waals surface area contributed by atoms with Crippen molar-refractivity contribution < 1.29 is 13.2 Å². The molecular weight excluding hydrogens is 436 g/mol. The van der Waals surface area contributed by atoms with E-state index in [-0.39, 0.29) is 10.7 Å². The third-order valence-electron chi connectivity index (χ3n) is 6.04. The number of carbonyl (C=O) groups is 1. The molecule has 0 spiro atoms. The fourth-order valence-corrected chi connectivity index (χ4v) is 5.46. The van der Waals surface area contributed by atoms with Crippen LogP contribution in [0.2, 0.25) is 0 Å². The van der Waals surface area contributed by atoms with Crippen molar-refractivity contribution in [3.05, 3.63) is 84.4 Å². The summed E-state index contributed by atoms with van der Waals surface area (Å²) < 4.78 is 28.0. The molecular formula is C25H24N4O3S. The molecule has 0 aliphatic carbocycles. The summed E-state index contributed by atoms with van der Waals surface area (Å²) in [5, 5.41) is 0. The predicted octanol–water partition coefficient (Wildman–Crippen LogP) is 3.98. The number of aromatic nitrogens is 3. The van der Waals surface area contributed by atoms with Gasteiger partial charge >= 0.3 is 0 Å². The SMILES string of the molecule is O=C(CCc1ccc(S(=O)(=O)c2cccc(N3CCCC3)c2)cc1)c1cnc2nccn2c1. The number of hydrogen-bond donors (Lipinski definition) is 0. The third kappa shape index (κ3) is 4.39. The molecule has 5 rings (SSSR count). The first kappa shape index (κ1) is 21.3. The molecule has 0 unspecified atom stereocenters. The summed E-state index contributed by atoms with van der Waals surface area (Å²) in [5.74, 6) is 0.530. The van der Waals surface area contributed by atoms with Gasteiger partial charge in [0, 0.05) is 50.0 Å². The minimum absolute atomic E-state index is 0.0199. The lowest BCUT2D eigenvalue weighted by Crippen LogP contribution is -2.17. The number of sulfone groups is 1. The first-order valence-electron chi connectivity index (χ1n) is 11.0. The molecule has 0 N–H and O–H groups in total. The van der Waals surface area contributed by atoms with Gasteiger partial charge in [-0.15, -0.1) is 0 Å². The monoisotopic (exact) mass is 460 g/mol. The zero-order valence-electron chi connectivity index (χ0n) is 18.1. The summed E-state index contributed by atoms with van der Waals surface area (Å²) in [6.45, 7) is 1.92. The number of anilines is 1. The second-order valence-electron chi connectivity index (χ2n) is 8.24. The molecule has 4 aromatic rings. The molecule has 0 saturated carbocycles. The Morgan fingerprint density at radius 2 is 1.76 bits per heavy atom. The summed E-state index contributed by atoms with van der Waals surface area (Å²) in [7, 11) is -3.61. The van der Waals surface area contributed by atoms with Crippen LogP contribution in [-0.2, 0) is 16.3 Å². The first-order valence-corrected chi connectivity index (χ1v) is 12.5. The minimum Gasteiger partial charge on any atom is -0.372 e. The average molecular weight is 461 g/mol. The molecule has 3 heterocycles. The van der Waals surface area contributed by atoms with Crippen LogP contribution in [0, 0.1) is 0 Å². The summed E-state index contributed by atoms with van der Waals surface area (Å²) in [6.07, 6.45) is 9.75. The van der Waals surface area contributed by atoms with Crippen molar-refractivity contribution >= 4 is 27.1 Å². The molecule has 2 aromatic heterocycles. The molecule has 8 heteroatoms. The van der Waals surface area contributed by atoms with Crippen LogP contribution < -0.4 is 4.90 Å². The number of aryl methyl sites for hydroxylation is 1. The van der Waals surface area contributed by atoms with Crippen LogP contribution in [0.25, 0.3) is 5.78 Å². The largest absolute Gasteiger partial charge is 0.372 e. The maximum Gasteiger partial charge on any atom is 0.233 e. The van der Waals surface area contributed by atoms with Crippen molar-refractivity contribution in [3.63, 3.8) is 0 Å². The summed E-state index contributed by atoms with van der Waals surface area (Å²) in [4.78, 5) is 23.6. The number of fused-ring (bicyclic) bond motifs is 1. The van der Waals surface area contributed by atoms with Crippen LogP contribution in [0.15, 0.2) is 83.1 Å². The van der Waals surface area contributed by atoms with Gasteiger partial charge in [-0.3, -0.25) is 9.20 Å². The quantitative estimate of drug-likeness (QED) is 0.388. The van der Waals surface area contributed by atoms with E-state index in [1.807, 2.05) is 6.07 Å². The molecule has 33 heavy (non-hydrogen) atoms. The van der Waals surface area contributed by atoms with Gasteiger partial charge in [0.05, 0.1) is 15.4 Å². The van der Waals surface area contributed by atoms with E-state index >= 15 is 0 Å². The Hall–Kier alpha value is -3.52. The van der Waals surface area contributed by atoms with E-state index < -0.39 is 9.84 Å². The van der Waals surface area contributed by atoms with Gasteiger partial charge in [-0.2, -0.15) is 0 Å². The Morgan fingerprint density at radius 1 is 0.970 bits per heavy atom. The van der Waals surface area contributed by atoms with Gasteiger partial charge in [-0.05, 0) is 55.2 Å². The van der Waals surface area contributed by atoms with Gasteiger partial charge in [0.15, 0.2) is 5.78 Å². The van der Waals surface area contributed by atoms with Crippen molar-refractivity contribution in [2.24, 2.45) is 0 Å². The van der Waals surface area contributed by atoms with Gasteiger partial charge < -0.3 is 4.90 Å². The summed E-state index contributed by atoms with van der Waals surface area (Å²) in [5.41, 5.74) is 2.38. The number of ketones is 1. The van der Waals surface area contributed by atoms with E-state index in [2.05, 4.69) is 14.9 Å². The zero-order valence-corrected chi connectivity index (χ0v) is 18.9. The van der Waals surface area contributed by atoms with Crippen LogP contribution in [-0.4, -0.2) is 41.7 Å². The van der Waals surface area contributed by atoms with Gasteiger partial charge in [0.25, 0.3) is 0 Å². The first-order chi connectivity index (χ1) is 16.0. The molecule has 1 saturated heterocycles. The molecule has 168 valence electrons. The number of benzene rings is 2. The molecule has 1 aliphatic heterocycles.